The number of carbonyl (C=O) groups is 1. The van der Waals surface area contributed by atoms with Gasteiger partial charge in [0.2, 0.25) is 5.88 Å². The van der Waals surface area contributed by atoms with E-state index in [-0.39, 0.29) is 11.8 Å². The standard InChI is InChI=1S/C18H18N2O3S2/c1-10(2)7-14(17(22)23)20-16(21)15(25-18(20)24)8-11-9-19-13-6-4-3-5-12(11)13/h3-6,8-10,14,21H,7H2,1-2H3,(H,22,23)/p-1/b11-8+/t14-/m1/s1. The zero-order chi connectivity index (χ0) is 18.1. The maximum absolute atomic E-state index is 11.5. The summed E-state index contributed by atoms with van der Waals surface area (Å²) in [7, 11) is 0. The smallest absolute Gasteiger partial charge is 0.211 e. The quantitative estimate of drug-likeness (QED) is 0.813. The molecule has 7 heteroatoms. The van der Waals surface area contributed by atoms with E-state index >= 15 is 0 Å². The summed E-state index contributed by atoms with van der Waals surface area (Å²) in [6.45, 7) is 3.83. The molecule has 130 valence electrons. The second-order valence-corrected chi connectivity index (χ2v) is 7.94. The highest BCUT2D eigenvalue weighted by Crippen LogP contribution is 2.37. The van der Waals surface area contributed by atoms with Crippen LogP contribution in [0.25, 0.3) is 11.6 Å². The molecule has 2 heterocycles. The van der Waals surface area contributed by atoms with Gasteiger partial charge in [-0.05, 0) is 36.7 Å². The second-order valence-electron chi connectivity index (χ2n) is 6.27. The van der Waals surface area contributed by atoms with E-state index in [1.807, 2.05) is 38.1 Å². The molecule has 1 atom stereocenters. The van der Waals surface area contributed by atoms with Crippen molar-refractivity contribution in [3.8, 4) is 5.88 Å². The van der Waals surface area contributed by atoms with Crippen molar-refractivity contribution in [2.75, 3.05) is 0 Å². The molecule has 1 N–H and O–H groups in total. The molecule has 1 aliphatic heterocycles. The summed E-state index contributed by atoms with van der Waals surface area (Å²) in [5.74, 6) is -1.26. The third kappa shape index (κ3) is 3.43. The van der Waals surface area contributed by atoms with E-state index in [1.54, 1.807) is 12.3 Å². The molecule has 0 spiro atoms. The summed E-state index contributed by atoms with van der Waals surface area (Å²) in [5.41, 5.74) is 2.68. The van der Waals surface area contributed by atoms with Crippen molar-refractivity contribution in [1.82, 2.24) is 4.57 Å². The molecule has 1 aromatic heterocycles. The Labute approximate surface area is 154 Å². The van der Waals surface area contributed by atoms with Gasteiger partial charge in [0.05, 0.1) is 22.6 Å². The lowest BCUT2D eigenvalue weighted by Crippen LogP contribution is -2.34. The molecule has 0 fully saturated rings. The van der Waals surface area contributed by atoms with Crippen molar-refractivity contribution in [3.63, 3.8) is 0 Å². The summed E-state index contributed by atoms with van der Waals surface area (Å²) in [6.07, 6.45) is 3.84. The van der Waals surface area contributed by atoms with Gasteiger partial charge in [-0.2, -0.15) is 0 Å². The van der Waals surface area contributed by atoms with Crippen LogP contribution in [0.15, 0.2) is 29.3 Å². The van der Waals surface area contributed by atoms with Gasteiger partial charge in [0.15, 0.2) is 3.95 Å². The predicted octanol–water partition coefficient (Wildman–Crippen LogP) is 3.58. The van der Waals surface area contributed by atoms with Crippen molar-refractivity contribution in [2.45, 2.75) is 26.3 Å². The molecule has 5 nitrogen and oxygen atoms in total. The Morgan fingerprint density at radius 1 is 1.44 bits per heavy atom. The molecule has 0 saturated heterocycles. The minimum absolute atomic E-state index is 0.125. The van der Waals surface area contributed by atoms with Crippen molar-refractivity contribution >= 4 is 53.1 Å². The lowest BCUT2D eigenvalue weighted by atomic mass is 10.0. The number of allylic oxidation sites excluding steroid dienone is 1. The number of hydrogen-bond donors (Lipinski definition) is 1. The van der Waals surface area contributed by atoms with Gasteiger partial charge in [-0.25, -0.2) is 0 Å². The van der Waals surface area contributed by atoms with Gasteiger partial charge >= 0.3 is 0 Å². The van der Waals surface area contributed by atoms with Crippen molar-refractivity contribution in [1.29, 1.82) is 0 Å². The summed E-state index contributed by atoms with van der Waals surface area (Å²) < 4.78 is 1.59. The molecule has 1 aliphatic rings. The second kappa shape index (κ2) is 6.93. The lowest BCUT2D eigenvalue weighted by Gasteiger charge is -2.22. The largest absolute Gasteiger partial charge is 0.548 e. The Balaban J connectivity index is 2.04. The van der Waals surface area contributed by atoms with Crippen LogP contribution in [-0.2, 0) is 4.79 Å². The molecule has 0 bridgehead atoms. The molecule has 0 unspecified atom stereocenters. The molecule has 3 rings (SSSR count). The van der Waals surface area contributed by atoms with E-state index in [0.29, 0.717) is 15.3 Å². The highest BCUT2D eigenvalue weighted by molar-refractivity contribution is 7.73. The SMILES string of the molecule is CC(C)C[C@H](C(=O)[O-])n1c(O)c(/C=C2\C=Nc3ccccc32)sc1=S. The average molecular weight is 373 g/mol. The first-order valence-electron chi connectivity index (χ1n) is 7.88. The number of aromatic nitrogens is 1. The fourth-order valence-corrected chi connectivity index (χ4v) is 4.17. The van der Waals surface area contributed by atoms with Crippen LogP contribution in [0, 0.1) is 9.87 Å². The van der Waals surface area contributed by atoms with Crippen LogP contribution >= 0.6 is 23.6 Å². The monoisotopic (exact) mass is 373 g/mol. The number of benzene rings is 1. The first kappa shape index (κ1) is 17.6. The molecule has 0 radical (unpaired) electrons. The number of fused-ring (bicyclic) bond motifs is 1. The van der Waals surface area contributed by atoms with E-state index < -0.39 is 12.0 Å². The third-order valence-corrected chi connectivity index (χ3v) is 5.30. The zero-order valence-electron chi connectivity index (χ0n) is 13.8. The zero-order valence-corrected chi connectivity index (χ0v) is 15.4. The Bertz CT molecular complexity index is 938. The van der Waals surface area contributed by atoms with Gasteiger partial charge in [-0.15, -0.1) is 11.3 Å². The fourth-order valence-electron chi connectivity index (χ4n) is 2.81. The number of carboxylic acids is 1. The van der Waals surface area contributed by atoms with E-state index in [2.05, 4.69) is 4.99 Å². The number of thiazole rings is 1. The van der Waals surface area contributed by atoms with Gasteiger partial charge in [-0.1, -0.05) is 32.0 Å². The van der Waals surface area contributed by atoms with Crippen LogP contribution in [-0.4, -0.2) is 21.9 Å². The maximum Gasteiger partial charge on any atom is 0.211 e. The summed E-state index contributed by atoms with van der Waals surface area (Å²) in [4.78, 5) is 16.4. The van der Waals surface area contributed by atoms with Gasteiger partial charge in [0.1, 0.15) is 0 Å². The molecule has 25 heavy (non-hydrogen) atoms. The van der Waals surface area contributed by atoms with Crippen LogP contribution in [0.4, 0.5) is 5.69 Å². The number of carboxylic acid groups (broad SMARTS) is 1. The van der Waals surface area contributed by atoms with Crippen LogP contribution in [0.2, 0.25) is 0 Å². The fraction of sp³-hybridized carbons (Fsp3) is 0.278. The highest BCUT2D eigenvalue weighted by atomic mass is 32.1. The van der Waals surface area contributed by atoms with Gasteiger partial charge in [0, 0.05) is 17.4 Å². The normalized spacial score (nSPS) is 15.7. The Morgan fingerprint density at radius 3 is 2.84 bits per heavy atom. The molecule has 0 aliphatic carbocycles. The number of aliphatic imine (C=N–C) groups is 1. The Morgan fingerprint density at radius 2 is 2.16 bits per heavy atom. The van der Waals surface area contributed by atoms with Gasteiger partial charge in [0.25, 0.3) is 0 Å². The number of rotatable bonds is 5. The summed E-state index contributed by atoms with van der Waals surface area (Å²) in [5, 5.41) is 22.1. The van der Waals surface area contributed by atoms with Crippen LogP contribution in [0.1, 0.15) is 36.8 Å². The number of hydrogen-bond acceptors (Lipinski definition) is 6. The van der Waals surface area contributed by atoms with Gasteiger partial charge < -0.3 is 15.0 Å². The number of aromatic hydroxyl groups is 1. The molecule has 0 amide bonds. The van der Waals surface area contributed by atoms with Crippen molar-refractivity contribution < 1.29 is 15.0 Å². The number of para-hydroxylation sites is 1. The van der Waals surface area contributed by atoms with Gasteiger partial charge in [-0.3, -0.25) is 9.56 Å². The molecule has 0 saturated carbocycles. The molecule has 2 aromatic rings. The first-order valence-corrected chi connectivity index (χ1v) is 9.11. The molecular formula is C18H17N2O3S2-. The van der Waals surface area contributed by atoms with Crippen molar-refractivity contribution in [2.24, 2.45) is 10.9 Å². The van der Waals surface area contributed by atoms with E-state index in [1.165, 1.54) is 15.9 Å². The third-order valence-electron chi connectivity index (χ3n) is 3.97. The van der Waals surface area contributed by atoms with Crippen LogP contribution < -0.4 is 5.11 Å². The van der Waals surface area contributed by atoms with Crippen LogP contribution in [0.5, 0.6) is 5.88 Å². The minimum Gasteiger partial charge on any atom is -0.548 e. The lowest BCUT2D eigenvalue weighted by molar-refractivity contribution is -0.311. The highest BCUT2D eigenvalue weighted by Gasteiger charge is 2.22. The Hall–Kier alpha value is -2.25. The number of nitrogens with zero attached hydrogens (tertiary/aromatic N) is 2. The molecule has 1 aromatic carbocycles. The number of carbonyl (C=O) groups excluding carboxylic acids is 1. The number of aliphatic carboxylic acids is 1. The maximum atomic E-state index is 11.5. The molecular weight excluding hydrogens is 356 g/mol. The Kier molecular flexibility index (Phi) is 4.87. The van der Waals surface area contributed by atoms with E-state index in [0.717, 1.165) is 16.8 Å². The van der Waals surface area contributed by atoms with Crippen LogP contribution in [0.3, 0.4) is 0 Å². The van der Waals surface area contributed by atoms with Crippen molar-refractivity contribution in [3.05, 3.63) is 38.7 Å². The summed E-state index contributed by atoms with van der Waals surface area (Å²) in [6, 6.07) is 6.70. The minimum atomic E-state index is -1.25. The topological polar surface area (TPSA) is 77.6 Å². The first-order chi connectivity index (χ1) is 11.9. The average Bonchev–Trinajstić information content (AvgIpc) is 3.07. The predicted molar refractivity (Wildman–Crippen MR) is 101 cm³/mol. The van der Waals surface area contributed by atoms with E-state index in [4.69, 9.17) is 12.2 Å². The van der Waals surface area contributed by atoms with E-state index in [9.17, 15) is 15.0 Å². The summed E-state index contributed by atoms with van der Waals surface area (Å²) >= 11 is 6.47.